The Kier molecular flexibility index (Phi) is 10.0. The van der Waals surface area contributed by atoms with E-state index in [1.54, 1.807) is 28.6 Å². The second-order valence-electron chi connectivity index (χ2n) is 12.0. The molecule has 3 aliphatic heterocycles. The van der Waals surface area contributed by atoms with Gasteiger partial charge in [-0.2, -0.15) is 13.2 Å². The van der Waals surface area contributed by atoms with Gasteiger partial charge in [0, 0.05) is 86.2 Å². The van der Waals surface area contributed by atoms with Gasteiger partial charge in [-0.1, -0.05) is 0 Å². The number of carbonyl (C=O) groups is 3. The molecule has 0 aliphatic carbocycles. The zero-order chi connectivity index (χ0) is 34.0. The van der Waals surface area contributed by atoms with Crippen molar-refractivity contribution in [3.8, 4) is 0 Å². The summed E-state index contributed by atoms with van der Waals surface area (Å²) in [5.41, 5.74) is 7.25. The van der Waals surface area contributed by atoms with Gasteiger partial charge in [0.15, 0.2) is 6.10 Å². The Bertz CT molecular complexity index is 1640. The SMILES string of the molecule is Nc1c(Br)cc(C[C@@H](OC(=O)N2CCC(N3CCc4cscc4NC3=O)CC2)C(=O)N2CCN(c3ccncc3)CC2)cc1C(F)(F)F. The molecule has 3 aliphatic rings. The van der Waals surface area contributed by atoms with Gasteiger partial charge in [-0.15, -0.1) is 11.3 Å². The number of hydrogen-bond acceptors (Lipinski definition) is 8. The van der Waals surface area contributed by atoms with E-state index in [0.717, 1.165) is 29.4 Å². The van der Waals surface area contributed by atoms with Crippen molar-refractivity contribution in [3.63, 3.8) is 0 Å². The number of carbonyl (C=O) groups excluding carboxylic acids is 3. The zero-order valence-corrected chi connectivity index (χ0v) is 28.3. The fourth-order valence-corrected chi connectivity index (χ4v) is 7.76. The summed E-state index contributed by atoms with van der Waals surface area (Å²) in [7, 11) is 0. The Labute approximate surface area is 287 Å². The van der Waals surface area contributed by atoms with E-state index in [1.165, 1.54) is 11.0 Å². The van der Waals surface area contributed by atoms with Crippen molar-refractivity contribution >= 4 is 62.4 Å². The fraction of sp³-hybridized carbons (Fsp3) is 0.438. The molecule has 2 saturated heterocycles. The predicted molar refractivity (Wildman–Crippen MR) is 179 cm³/mol. The molecule has 6 rings (SSSR count). The van der Waals surface area contributed by atoms with E-state index in [0.29, 0.717) is 58.7 Å². The summed E-state index contributed by atoms with van der Waals surface area (Å²) in [5, 5.41) is 6.92. The largest absolute Gasteiger partial charge is 0.436 e. The van der Waals surface area contributed by atoms with Crippen molar-refractivity contribution in [3.05, 3.63) is 68.6 Å². The highest BCUT2D eigenvalue weighted by atomic mass is 79.9. The molecule has 0 spiro atoms. The lowest BCUT2D eigenvalue weighted by Crippen LogP contribution is -2.54. The highest BCUT2D eigenvalue weighted by molar-refractivity contribution is 9.10. The topological polar surface area (TPSA) is 124 Å². The van der Waals surface area contributed by atoms with Gasteiger partial charge >= 0.3 is 18.3 Å². The number of nitrogens with zero attached hydrogens (tertiary/aromatic N) is 5. The molecule has 2 fully saturated rings. The minimum atomic E-state index is -4.72. The first-order chi connectivity index (χ1) is 23.0. The first-order valence-electron chi connectivity index (χ1n) is 15.6. The quantitative estimate of drug-likeness (QED) is 0.321. The summed E-state index contributed by atoms with van der Waals surface area (Å²) in [6.45, 7) is 2.87. The maximum Gasteiger partial charge on any atom is 0.418 e. The van der Waals surface area contributed by atoms with Crippen molar-refractivity contribution in [1.29, 1.82) is 0 Å². The van der Waals surface area contributed by atoms with Crippen molar-refractivity contribution in [2.75, 3.05) is 61.8 Å². The number of fused-ring (bicyclic) bond motifs is 1. The number of alkyl halides is 3. The third-order valence-electron chi connectivity index (χ3n) is 9.08. The number of ether oxygens (including phenoxy) is 1. The van der Waals surface area contributed by atoms with Crippen LogP contribution in [0.5, 0.6) is 0 Å². The Morgan fingerprint density at radius 3 is 2.44 bits per heavy atom. The van der Waals surface area contributed by atoms with Crippen LogP contribution in [0.15, 0.2) is 51.9 Å². The number of pyridine rings is 1. The molecule has 48 heavy (non-hydrogen) atoms. The van der Waals surface area contributed by atoms with Gasteiger partial charge in [0.05, 0.1) is 16.9 Å². The lowest BCUT2D eigenvalue weighted by Gasteiger charge is -2.39. The number of urea groups is 1. The summed E-state index contributed by atoms with van der Waals surface area (Å²) < 4.78 is 47.2. The number of anilines is 3. The molecule has 0 saturated carbocycles. The van der Waals surface area contributed by atoms with Gasteiger partial charge in [-0.25, -0.2) is 9.59 Å². The highest BCUT2D eigenvalue weighted by Crippen LogP contribution is 2.38. The molecule has 2 aromatic heterocycles. The third kappa shape index (κ3) is 7.48. The number of aromatic nitrogens is 1. The number of hydrogen-bond donors (Lipinski definition) is 2. The van der Waals surface area contributed by atoms with Gasteiger partial charge in [0.1, 0.15) is 0 Å². The molecule has 0 bridgehead atoms. The number of amides is 4. The monoisotopic (exact) mass is 749 g/mol. The number of nitrogens with one attached hydrogen (secondary N) is 1. The third-order valence-corrected chi connectivity index (χ3v) is 10.5. The smallest absolute Gasteiger partial charge is 0.418 e. The lowest BCUT2D eigenvalue weighted by atomic mass is 10.0. The molecule has 256 valence electrons. The van der Waals surface area contributed by atoms with Crippen LogP contribution >= 0.6 is 27.3 Å². The Hall–Kier alpha value is -4.05. The second-order valence-corrected chi connectivity index (χ2v) is 13.6. The van der Waals surface area contributed by atoms with E-state index >= 15 is 0 Å². The Morgan fingerprint density at radius 1 is 1.04 bits per heavy atom. The minimum Gasteiger partial charge on any atom is -0.436 e. The van der Waals surface area contributed by atoms with Crippen molar-refractivity contribution < 1.29 is 32.3 Å². The molecule has 11 nitrogen and oxygen atoms in total. The van der Waals surface area contributed by atoms with E-state index in [4.69, 9.17) is 10.5 Å². The molecule has 16 heteroatoms. The van der Waals surface area contributed by atoms with Crippen LogP contribution in [0.25, 0.3) is 0 Å². The number of nitrogen functional groups attached to an aromatic ring is 1. The van der Waals surface area contributed by atoms with Gasteiger partial charge in [0.2, 0.25) is 0 Å². The zero-order valence-electron chi connectivity index (χ0n) is 25.9. The van der Waals surface area contributed by atoms with Gasteiger partial charge < -0.3 is 35.4 Å². The number of piperazine rings is 1. The average Bonchev–Trinajstić information content (AvgIpc) is 3.45. The van der Waals surface area contributed by atoms with Crippen LogP contribution in [0.4, 0.5) is 39.8 Å². The van der Waals surface area contributed by atoms with Crippen LogP contribution in [0, 0.1) is 0 Å². The minimum absolute atomic E-state index is 0.0328. The van der Waals surface area contributed by atoms with E-state index in [2.05, 4.69) is 31.1 Å². The summed E-state index contributed by atoms with van der Waals surface area (Å²) >= 11 is 4.66. The summed E-state index contributed by atoms with van der Waals surface area (Å²) in [4.78, 5) is 51.4. The molecular formula is C32H35BrF3N7O4S. The molecule has 0 unspecified atom stereocenters. The fourth-order valence-electron chi connectivity index (χ4n) is 6.42. The van der Waals surface area contributed by atoms with Crippen LogP contribution in [0.2, 0.25) is 0 Å². The highest BCUT2D eigenvalue weighted by Gasteiger charge is 2.37. The number of thiophene rings is 1. The normalized spacial score (nSPS) is 18.2. The average molecular weight is 751 g/mol. The van der Waals surface area contributed by atoms with Crippen molar-refractivity contribution in [1.82, 2.24) is 19.7 Å². The van der Waals surface area contributed by atoms with E-state index in [-0.39, 0.29) is 28.5 Å². The molecule has 0 radical (unpaired) electrons. The van der Waals surface area contributed by atoms with Crippen LogP contribution in [0.1, 0.15) is 29.5 Å². The molecule has 5 heterocycles. The van der Waals surface area contributed by atoms with Crippen LogP contribution in [-0.2, 0) is 28.5 Å². The number of nitrogens with two attached hydrogens (primary N) is 1. The van der Waals surface area contributed by atoms with Crippen LogP contribution in [0.3, 0.4) is 0 Å². The molecular weight excluding hydrogens is 715 g/mol. The summed E-state index contributed by atoms with van der Waals surface area (Å²) in [6.07, 6.45) is -1.94. The van der Waals surface area contributed by atoms with Crippen molar-refractivity contribution in [2.24, 2.45) is 0 Å². The van der Waals surface area contributed by atoms with E-state index < -0.39 is 35.5 Å². The molecule has 4 amide bonds. The second kappa shape index (κ2) is 14.2. The Morgan fingerprint density at radius 2 is 1.75 bits per heavy atom. The maximum absolute atomic E-state index is 13.9. The van der Waals surface area contributed by atoms with Crippen LogP contribution < -0.4 is 16.0 Å². The van der Waals surface area contributed by atoms with Gasteiger partial charge in [-0.05, 0) is 76.0 Å². The van der Waals surface area contributed by atoms with E-state index in [1.807, 2.05) is 27.8 Å². The van der Waals surface area contributed by atoms with Gasteiger partial charge in [0.25, 0.3) is 5.91 Å². The number of likely N-dealkylation sites (tertiary alicyclic amines) is 1. The number of halogens is 4. The molecule has 1 aromatic carbocycles. The first kappa shape index (κ1) is 33.8. The lowest BCUT2D eigenvalue weighted by molar-refractivity contribution is -0.141. The summed E-state index contributed by atoms with van der Waals surface area (Å²) in [6, 6.07) is 5.81. The first-order valence-corrected chi connectivity index (χ1v) is 17.4. The number of benzene rings is 1. The molecule has 3 aromatic rings. The Balaban J connectivity index is 1.14. The van der Waals surface area contributed by atoms with Crippen molar-refractivity contribution in [2.45, 2.75) is 44.0 Å². The molecule has 1 atom stereocenters. The summed E-state index contributed by atoms with van der Waals surface area (Å²) in [5.74, 6) is -0.484. The predicted octanol–water partition coefficient (Wildman–Crippen LogP) is 5.46. The standard InChI is InChI=1S/C32H35BrF3N7O4S/c33-25-16-20(15-24(28(25)37)32(34,35)36)17-27(29(44)41-13-11-40(12-14-41)22-1-6-38-7-2-22)47-31(46)42-8-4-23(5-9-42)43-10-3-21-18-48-19-26(21)39-30(43)45/h1-2,6-7,15-16,18-19,23,27H,3-5,8-14,17,37H2,(H,39,45)/t27-/m1/s1. The van der Waals surface area contributed by atoms with Crippen LogP contribution in [-0.4, -0.2) is 95.7 Å². The number of piperidine rings is 1. The molecule has 3 N–H and O–H groups in total. The number of rotatable bonds is 6. The van der Waals surface area contributed by atoms with E-state index in [9.17, 15) is 27.6 Å². The van der Waals surface area contributed by atoms with Gasteiger partial charge in [-0.3, -0.25) is 9.78 Å². The maximum atomic E-state index is 13.9.